The molecule has 0 heterocycles. The number of allylic oxidation sites excluding steroid dienone is 1. The summed E-state index contributed by atoms with van der Waals surface area (Å²) in [6, 6.07) is 8.70. The van der Waals surface area contributed by atoms with Gasteiger partial charge in [-0.05, 0) is 18.4 Å². The summed E-state index contributed by atoms with van der Waals surface area (Å²) in [5.74, 6) is -2.36. The van der Waals surface area contributed by atoms with Gasteiger partial charge >= 0.3 is 11.9 Å². The molecule has 0 fully saturated rings. The van der Waals surface area contributed by atoms with Crippen molar-refractivity contribution in [2.45, 2.75) is 25.2 Å². The van der Waals surface area contributed by atoms with Crippen molar-refractivity contribution < 1.29 is 19.4 Å². The molecule has 19 heavy (non-hydrogen) atoms. The van der Waals surface area contributed by atoms with E-state index in [2.05, 4.69) is 6.58 Å². The molecule has 0 aromatic heterocycles. The van der Waals surface area contributed by atoms with Gasteiger partial charge in [-0.25, -0.2) is 0 Å². The Labute approximate surface area is 112 Å². The summed E-state index contributed by atoms with van der Waals surface area (Å²) in [6.45, 7) is 3.87. The Balaban J connectivity index is 2.53. The molecule has 1 aromatic carbocycles. The minimum atomic E-state index is -1.02. The monoisotopic (exact) mass is 262 g/mol. The van der Waals surface area contributed by atoms with Gasteiger partial charge in [0.15, 0.2) is 0 Å². The van der Waals surface area contributed by atoms with E-state index in [4.69, 9.17) is 9.84 Å². The van der Waals surface area contributed by atoms with Gasteiger partial charge in [0.1, 0.15) is 0 Å². The van der Waals surface area contributed by atoms with Crippen molar-refractivity contribution in [3.63, 3.8) is 0 Å². The van der Waals surface area contributed by atoms with Crippen LogP contribution in [0.4, 0.5) is 0 Å². The molecule has 0 aliphatic rings. The van der Waals surface area contributed by atoms with Crippen molar-refractivity contribution in [1.29, 1.82) is 0 Å². The molecule has 0 saturated heterocycles. The number of unbranched alkanes of at least 4 members (excludes halogenated alkanes) is 1. The smallest absolute Gasteiger partial charge is 0.311 e. The van der Waals surface area contributed by atoms with E-state index in [0.717, 1.165) is 6.42 Å². The minimum Gasteiger partial charge on any atom is -0.481 e. The molecule has 0 spiro atoms. The number of benzene rings is 1. The molecule has 4 nitrogen and oxygen atoms in total. The van der Waals surface area contributed by atoms with E-state index in [1.807, 2.05) is 0 Å². The summed E-state index contributed by atoms with van der Waals surface area (Å²) >= 11 is 0. The number of hydrogen-bond acceptors (Lipinski definition) is 3. The van der Waals surface area contributed by atoms with E-state index < -0.39 is 17.9 Å². The van der Waals surface area contributed by atoms with Crippen LogP contribution in [0.25, 0.3) is 0 Å². The standard InChI is InChI=1S/C15H18O4/c1-2-3-7-10-19-14(16)11-13(15(17)18)12-8-5-4-6-9-12/h2,4-6,8-9,13H,1,3,7,10-11H2,(H,17,18)/t13-/m0/s1. The first-order valence-corrected chi connectivity index (χ1v) is 6.19. The number of hydrogen-bond donors (Lipinski definition) is 1. The zero-order valence-electron chi connectivity index (χ0n) is 10.7. The first kappa shape index (κ1) is 15.0. The van der Waals surface area contributed by atoms with E-state index in [-0.39, 0.29) is 6.42 Å². The predicted molar refractivity (Wildman–Crippen MR) is 71.8 cm³/mol. The van der Waals surface area contributed by atoms with Gasteiger partial charge in [0, 0.05) is 0 Å². The number of esters is 1. The van der Waals surface area contributed by atoms with Crippen LogP contribution in [0.3, 0.4) is 0 Å². The summed E-state index contributed by atoms with van der Waals surface area (Å²) in [5.41, 5.74) is 0.609. The summed E-state index contributed by atoms with van der Waals surface area (Å²) in [7, 11) is 0. The largest absolute Gasteiger partial charge is 0.481 e. The summed E-state index contributed by atoms with van der Waals surface area (Å²) in [5, 5.41) is 9.16. The maximum Gasteiger partial charge on any atom is 0.311 e. The first-order valence-electron chi connectivity index (χ1n) is 6.19. The summed E-state index contributed by atoms with van der Waals surface area (Å²) < 4.78 is 5.00. The number of carboxylic acid groups (broad SMARTS) is 1. The normalized spacial score (nSPS) is 11.6. The highest BCUT2D eigenvalue weighted by Crippen LogP contribution is 2.20. The second kappa shape index (κ2) is 8.08. The van der Waals surface area contributed by atoms with Crippen molar-refractivity contribution in [3.8, 4) is 0 Å². The van der Waals surface area contributed by atoms with Crippen LogP contribution in [0.15, 0.2) is 43.0 Å². The van der Waals surface area contributed by atoms with E-state index in [0.29, 0.717) is 18.6 Å². The van der Waals surface area contributed by atoms with Gasteiger partial charge in [-0.1, -0.05) is 36.4 Å². The van der Waals surface area contributed by atoms with Crippen LogP contribution in [0.5, 0.6) is 0 Å². The second-order valence-electron chi connectivity index (χ2n) is 4.16. The van der Waals surface area contributed by atoms with Crippen molar-refractivity contribution in [1.82, 2.24) is 0 Å². The molecule has 1 N–H and O–H groups in total. The van der Waals surface area contributed by atoms with Crippen molar-refractivity contribution in [2.24, 2.45) is 0 Å². The lowest BCUT2D eigenvalue weighted by molar-refractivity contribution is -0.149. The van der Waals surface area contributed by atoms with Crippen LogP contribution in [-0.2, 0) is 14.3 Å². The van der Waals surface area contributed by atoms with Crippen molar-refractivity contribution >= 4 is 11.9 Å². The quantitative estimate of drug-likeness (QED) is 0.444. The van der Waals surface area contributed by atoms with Gasteiger partial charge in [-0.15, -0.1) is 6.58 Å². The molecule has 0 aliphatic carbocycles. The molecule has 1 atom stereocenters. The molecular weight excluding hydrogens is 244 g/mol. The Morgan fingerprint density at radius 2 is 2.00 bits per heavy atom. The van der Waals surface area contributed by atoms with Crippen LogP contribution >= 0.6 is 0 Å². The molecule has 0 unspecified atom stereocenters. The lowest BCUT2D eigenvalue weighted by atomic mass is 9.96. The topological polar surface area (TPSA) is 63.6 Å². The second-order valence-corrected chi connectivity index (χ2v) is 4.16. The number of carbonyl (C=O) groups excluding carboxylic acids is 1. The zero-order chi connectivity index (χ0) is 14.1. The fourth-order valence-corrected chi connectivity index (χ4v) is 1.67. The average Bonchev–Trinajstić information content (AvgIpc) is 2.41. The molecule has 0 amide bonds. The van der Waals surface area contributed by atoms with Gasteiger partial charge in [0.25, 0.3) is 0 Å². The molecular formula is C15H18O4. The molecule has 0 aliphatic heterocycles. The highest BCUT2D eigenvalue weighted by molar-refractivity contribution is 5.83. The fraction of sp³-hybridized carbons (Fsp3) is 0.333. The number of ether oxygens (including phenoxy) is 1. The van der Waals surface area contributed by atoms with Crippen molar-refractivity contribution in [2.75, 3.05) is 6.61 Å². The van der Waals surface area contributed by atoms with Gasteiger partial charge in [0.05, 0.1) is 18.9 Å². The highest BCUT2D eigenvalue weighted by Gasteiger charge is 2.23. The molecule has 0 saturated carbocycles. The lowest BCUT2D eigenvalue weighted by Gasteiger charge is -2.12. The fourth-order valence-electron chi connectivity index (χ4n) is 1.67. The number of carbonyl (C=O) groups is 2. The van der Waals surface area contributed by atoms with Gasteiger partial charge in [-0.2, -0.15) is 0 Å². The Morgan fingerprint density at radius 1 is 1.32 bits per heavy atom. The first-order chi connectivity index (χ1) is 9.15. The lowest BCUT2D eigenvalue weighted by Crippen LogP contribution is -2.18. The van der Waals surface area contributed by atoms with E-state index in [1.54, 1.807) is 36.4 Å². The third-order valence-corrected chi connectivity index (χ3v) is 2.69. The maximum atomic E-state index is 11.6. The van der Waals surface area contributed by atoms with Gasteiger partial charge < -0.3 is 9.84 Å². The zero-order valence-corrected chi connectivity index (χ0v) is 10.7. The number of carboxylic acids is 1. The van der Waals surface area contributed by atoms with Gasteiger partial charge in [0.2, 0.25) is 0 Å². The third kappa shape index (κ3) is 5.38. The minimum absolute atomic E-state index is 0.145. The Bertz CT molecular complexity index is 425. The Hall–Kier alpha value is -2.10. The molecule has 0 bridgehead atoms. The number of rotatable bonds is 8. The summed E-state index contributed by atoms with van der Waals surface area (Å²) in [6.07, 6.45) is 3.08. The summed E-state index contributed by atoms with van der Waals surface area (Å²) in [4.78, 5) is 22.8. The van der Waals surface area contributed by atoms with Crippen LogP contribution in [0.2, 0.25) is 0 Å². The predicted octanol–water partition coefficient (Wildman–Crippen LogP) is 2.75. The molecule has 1 rings (SSSR count). The van der Waals surface area contributed by atoms with Crippen LogP contribution in [0.1, 0.15) is 30.7 Å². The third-order valence-electron chi connectivity index (χ3n) is 2.69. The molecule has 102 valence electrons. The Kier molecular flexibility index (Phi) is 6.36. The highest BCUT2D eigenvalue weighted by atomic mass is 16.5. The molecule has 4 heteroatoms. The Morgan fingerprint density at radius 3 is 2.58 bits per heavy atom. The SMILES string of the molecule is C=CCCCOC(=O)C[C@H](C(=O)O)c1ccccc1. The van der Waals surface area contributed by atoms with E-state index in [9.17, 15) is 9.59 Å². The van der Waals surface area contributed by atoms with Crippen LogP contribution in [0, 0.1) is 0 Å². The number of aliphatic carboxylic acids is 1. The van der Waals surface area contributed by atoms with E-state index in [1.165, 1.54) is 0 Å². The van der Waals surface area contributed by atoms with Crippen LogP contribution < -0.4 is 0 Å². The van der Waals surface area contributed by atoms with E-state index >= 15 is 0 Å². The molecule has 1 aromatic rings. The van der Waals surface area contributed by atoms with Gasteiger partial charge in [-0.3, -0.25) is 9.59 Å². The molecule has 0 radical (unpaired) electrons. The van der Waals surface area contributed by atoms with Crippen LogP contribution in [-0.4, -0.2) is 23.7 Å². The van der Waals surface area contributed by atoms with Crippen molar-refractivity contribution in [3.05, 3.63) is 48.6 Å². The maximum absolute atomic E-state index is 11.6. The average molecular weight is 262 g/mol.